The largest absolute Gasteiger partial charge is 0.492 e. The predicted octanol–water partition coefficient (Wildman–Crippen LogP) is 2.51. The van der Waals surface area contributed by atoms with Crippen LogP contribution in [0.2, 0.25) is 0 Å². The molecule has 1 N–H and O–H groups in total. The number of fused-ring (bicyclic) bond motifs is 2. The van der Waals surface area contributed by atoms with Crippen LogP contribution >= 0.6 is 0 Å². The minimum atomic E-state index is 0.0126. The van der Waals surface area contributed by atoms with E-state index in [0.29, 0.717) is 13.0 Å². The van der Waals surface area contributed by atoms with Gasteiger partial charge in [-0.15, -0.1) is 0 Å². The Labute approximate surface area is 130 Å². The maximum Gasteiger partial charge on any atom is 0.222 e. The van der Waals surface area contributed by atoms with Crippen LogP contribution in [0.15, 0.2) is 42.6 Å². The SMILES string of the molecule is O=C(CCc1ccc[nH]1)N1CCC2(COc3ccccc32)C1. The molecule has 114 valence electrons. The van der Waals surface area contributed by atoms with Gasteiger partial charge in [0.05, 0.1) is 12.0 Å². The molecular formula is C18H20N2O2. The summed E-state index contributed by atoms with van der Waals surface area (Å²) in [6.45, 7) is 2.32. The van der Waals surface area contributed by atoms with Gasteiger partial charge in [-0.2, -0.15) is 0 Å². The highest BCUT2D eigenvalue weighted by molar-refractivity contribution is 5.77. The average Bonchev–Trinajstić information content (AvgIpc) is 3.28. The van der Waals surface area contributed by atoms with Crippen molar-refractivity contribution in [3.63, 3.8) is 0 Å². The van der Waals surface area contributed by atoms with Gasteiger partial charge in [-0.05, 0) is 31.0 Å². The first-order valence-corrected chi connectivity index (χ1v) is 7.89. The summed E-state index contributed by atoms with van der Waals surface area (Å²) >= 11 is 0. The van der Waals surface area contributed by atoms with Crippen molar-refractivity contribution >= 4 is 5.91 Å². The van der Waals surface area contributed by atoms with Gasteiger partial charge in [-0.1, -0.05) is 18.2 Å². The summed E-state index contributed by atoms with van der Waals surface area (Å²) in [6, 6.07) is 12.2. The molecule has 0 saturated carbocycles. The number of hydrogen-bond acceptors (Lipinski definition) is 2. The molecule has 1 unspecified atom stereocenters. The van der Waals surface area contributed by atoms with E-state index in [2.05, 4.69) is 17.1 Å². The molecule has 4 nitrogen and oxygen atoms in total. The normalized spacial score (nSPS) is 22.8. The van der Waals surface area contributed by atoms with Crippen LogP contribution in [0.1, 0.15) is 24.1 Å². The number of carbonyl (C=O) groups excluding carboxylic acids is 1. The zero-order chi connectivity index (χ0) is 15.0. The van der Waals surface area contributed by atoms with Gasteiger partial charge in [0.1, 0.15) is 5.75 Å². The Kier molecular flexibility index (Phi) is 3.17. The molecule has 0 bridgehead atoms. The van der Waals surface area contributed by atoms with Crippen LogP contribution in [0.25, 0.3) is 0 Å². The Balaban J connectivity index is 1.43. The van der Waals surface area contributed by atoms with Crippen molar-refractivity contribution in [3.8, 4) is 5.75 Å². The molecule has 1 atom stereocenters. The third kappa shape index (κ3) is 2.19. The number of amides is 1. The lowest BCUT2D eigenvalue weighted by molar-refractivity contribution is -0.130. The first-order valence-electron chi connectivity index (χ1n) is 7.89. The quantitative estimate of drug-likeness (QED) is 0.946. The lowest BCUT2D eigenvalue weighted by Crippen LogP contribution is -2.35. The minimum Gasteiger partial charge on any atom is -0.492 e. The molecule has 3 heterocycles. The van der Waals surface area contributed by atoms with E-state index in [1.165, 1.54) is 5.56 Å². The number of nitrogens with one attached hydrogen (secondary N) is 1. The van der Waals surface area contributed by atoms with Crippen LogP contribution in [0, 0.1) is 0 Å². The summed E-state index contributed by atoms with van der Waals surface area (Å²) in [5, 5.41) is 0. The van der Waals surface area contributed by atoms with Crippen molar-refractivity contribution in [2.75, 3.05) is 19.7 Å². The lowest BCUT2D eigenvalue weighted by Gasteiger charge is -2.23. The Morgan fingerprint density at radius 2 is 2.18 bits per heavy atom. The maximum absolute atomic E-state index is 12.5. The van der Waals surface area contributed by atoms with Crippen LogP contribution in [0.4, 0.5) is 0 Å². The number of aromatic amines is 1. The molecule has 1 aromatic heterocycles. The van der Waals surface area contributed by atoms with Gasteiger partial charge in [0.2, 0.25) is 5.91 Å². The van der Waals surface area contributed by atoms with Crippen LogP contribution in [-0.4, -0.2) is 35.5 Å². The molecule has 2 aromatic rings. The van der Waals surface area contributed by atoms with Crippen molar-refractivity contribution in [2.24, 2.45) is 0 Å². The van der Waals surface area contributed by atoms with E-state index in [1.54, 1.807) is 0 Å². The standard InChI is InChI=1S/C18H20N2O2/c21-17(8-7-14-4-3-10-19-14)20-11-9-18(12-20)13-22-16-6-2-1-5-15(16)18/h1-6,10,19H,7-9,11-13H2. The van der Waals surface area contributed by atoms with E-state index in [-0.39, 0.29) is 11.3 Å². The minimum absolute atomic E-state index is 0.0126. The number of aryl methyl sites for hydroxylation is 1. The van der Waals surface area contributed by atoms with Gasteiger partial charge in [0.25, 0.3) is 0 Å². The fourth-order valence-corrected chi connectivity index (χ4v) is 3.67. The summed E-state index contributed by atoms with van der Waals surface area (Å²) in [7, 11) is 0. The van der Waals surface area contributed by atoms with Crippen molar-refractivity contribution in [3.05, 3.63) is 53.9 Å². The average molecular weight is 296 g/mol. The second kappa shape index (κ2) is 5.20. The Hall–Kier alpha value is -2.23. The van der Waals surface area contributed by atoms with Crippen molar-refractivity contribution < 1.29 is 9.53 Å². The predicted molar refractivity (Wildman–Crippen MR) is 83.9 cm³/mol. The molecule has 22 heavy (non-hydrogen) atoms. The highest BCUT2D eigenvalue weighted by atomic mass is 16.5. The van der Waals surface area contributed by atoms with Crippen LogP contribution in [-0.2, 0) is 16.6 Å². The van der Waals surface area contributed by atoms with Crippen molar-refractivity contribution in [2.45, 2.75) is 24.7 Å². The third-order valence-corrected chi connectivity index (χ3v) is 4.94. The Bertz CT molecular complexity index is 680. The molecule has 0 radical (unpaired) electrons. The van der Waals surface area contributed by atoms with E-state index in [1.807, 2.05) is 35.4 Å². The van der Waals surface area contributed by atoms with Gasteiger partial charge in [0.15, 0.2) is 0 Å². The van der Waals surface area contributed by atoms with Crippen LogP contribution < -0.4 is 4.74 Å². The number of ether oxygens (including phenoxy) is 1. The Morgan fingerprint density at radius 1 is 1.27 bits per heavy atom. The fraction of sp³-hybridized carbons (Fsp3) is 0.389. The van der Waals surface area contributed by atoms with E-state index >= 15 is 0 Å². The van der Waals surface area contributed by atoms with Gasteiger partial charge in [-0.3, -0.25) is 4.79 Å². The van der Waals surface area contributed by atoms with E-state index in [9.17, 15) is 4.79 Å². The zero-order valence-corrected chi connectivity index (χ0v) is 12.5. The van der Waals surface area contributed by atoms with Gasteiger partial charge in [0, 0.05) is 37.0 Å². The van der Waals surface area contributed by atoms with Crippen LogP contribution in [0.5, 0.6) is 5.75 Å². The number of likely N-dealkylation sites (tertiary alicyclic amines) is 1. The molecule has 2 aliphatic rings. The third-order valence-electron chi connectivity index (χ3n) is 4.94. The zero-order valence-electron chi connectivity index (χ0n) is 12.5. The molecule has 1 amide bonds. The smallest absolute Gasteiger partial charge is 0.222 e. The van der Waals surface area contributed by atoms with Crippen molar-refractivity contribution in [1.29, 1.82) is 0 Å². The number of nitrogens with zero attached hydrogens (tertiary/aromatic N) is 1. The fourth-order valence-electron chi connectivity index (χ4n) is 3.67. The van der Waals surface area contributed by atoms with Crippen molar-refractivity contribution in [1.82, 2.24) is 9.88 Å². The highest BCUT2D eigenvalue weighted by Crippen LogP contribution is 2.44. The van der Waals surface area contributed by atoms with Gasteiger partial charge >= 0.3 is 0 Å². The summed E-state index contributed by atoms with van der Waals surface area (Å²) in [6.07, 6.45) is 4.25. The summed E-state index contributed by atoms with van der Waals surface area (Å²) < 4.78 is 5.84. The van der Waals surface area contributed by atoms with E-state index in [0.717, 1.165) is 37.4 Å². The van der Waals surface area contributed by atoms with Gasteiger partial charge < -0.3 is 14.6 Å². The number of para-hydroxylation sites is 1. The molecule has 4 rings (SSSR count). The van der Waals surface area contributed by atoms with E-state index in [4.69, 9.17) is 4.74 Å². The van der Waals surface area contributed by atoms with Gasteiger partial charge in [-0.25, -0.2) is 0 Å². The number of benzene rings is 1. The molecule has 4 heteroatoms. The molecule has 2 aliphatic heterocycles. The molecule has 0 aliphatic carbocycles. The number of hydrogen-bond donors (Lipinski definition) is 1. The Morgan fingerprint density at radius 3 is 3.05 bits per heavy atom. The molecule has 1 fully saturated rings. The highest BCUT2D eigenvalue weighted by Gasteiger charge is 2.46. The first-order chi connectivity index (χ1) is 10.8. The number of carbonyl (C=O) groups is 1. The molecule has 1 saturated heterocycles. The monoisotopic (exact) mass is 296 g/mol. The second-order valence-corrected chi connectivity index (χ2v) is 6.33. The molecular weight excluding hydrogens is 276 g/mol. The molecule has 1 aromatic carbocycles. The summed E-state index contributed by atoms with van der Waals surface area (Å²) in [5.41, 5.74) is 2.41. The second-order valence-electron chi connectivity index (χ2n) is 6.33. The van der Waals surface area contributed by atoms with Crippen LogP contribution in [0.3, 0.4) is 0 Å². The summed E-state index contributed by atoms with van der Waals surface area (Å²) in [5.74, 6) is 1.24. The number of aromatic nitrogens is 1. The molecule has 1 spiro atoms. The number of H-pyrrole nitrogens is 1. The lowest BCUT2D eigenvalue weighted by atomic mass is 9.82. The first kappa shape index (κ1) is 13.4. The summed E-state index contributed by atoms with van der Waals surface area (Å²) in [4.78, 5) is 17.6. The topological polar surface area (TPSA) is 45.3 Å². The maximum atomic E-state index is 12.5. The van der Waals surface area contributed by atoms with E-state index < -0.39 is 0 Å². The number of rotatable bonds is 3.